The van der Waals surface area contributed by atoms with Crippen molar-refractivity contribution in [1.29, 1.82) is 0 Å². The number of carbonyl (C=O) groups is 3. The van der Waals surface area contributed by atoms with Gasteiger partial charge in [-0.25, -0.2) is 4.98 Å². The molecule has 0 aliphatic heterocycles. The van der Waals surface area contributed by atoms with Gasteiger partial charge in [0.15, 0.2) is 28.1 Å². The van der Waals surface area contributed by atoms with Crippen LogP contribution in [0.5, 0.6) is 23.0 Å². The first kappa shape index (κ1) is 39.1. The molecule has 1 heterocycles. The zero-order valence-electron chi connectivity index (χ0n) is 30.9. The summed E-state index contributed by atoms with van der Waals surface area (Å²) in [6, 6.07) is 35.9. The quantitative estimate of drug-likeness (QED) is 0.0690. The van der Waals surface area contributed by atoms with E-state index in [1.807, 2.05) is 53.9 Å². The Hall–Kier alpha value is -6.57. The van der Waals surface area contributed by atoms with Crippen LogP contribution in [-0.2, 0) is 9.59 Å². The maximum atomic E-state index is 13.9. The number of rotatable bonds is 15. The Labute approximate surface area is 332 Å². The third-order valence-electron chi connectivity index (χ3n) is 8.35. The lowest BCUT2D eigenvalue weighted by Gasteiger charge is -2.17. The summed E-state index contributed by atoms with van der Waals surface area (Å²) in [5.41, 5.74) is 3.72. The van der Waals surface area contributed by atoms with E-state index in [-0.39, 0.29) is 11.6 Å². The van der Waals surface area contributed by atoms with Crippen LogP contribution in [0.1, 0.15) is 26.7 Å². The normalized spacial score (nSPS) is 11.5. The van der Waals surface area contributed by atoms with E-state index in [4.69, 9.17) is 18.9 Å². The number of anilines is 2. The van der Waals surface area contributed by atoms with Gasteiger partial charge in [-0.1, -0.05) is 60.7 Å². The van der Waals surface area contributed by atoms with E-state index < -0.39 is 17.1 Å². The fraction of sp³-hybridized carbons (Fsp3) is 0.116. The molecule has 284 valence electrons. The number of hydrogen-bond donors (Lipinski definition) is 3. The Bertz CT molecular complexity index is 2350. The number of hydrogen-bond acceptors (Lipinski definition) is 10. The molecular weight excluding hydrogens is 749 g/mol. The second-order valence-corrected chi connectivity index (χ2v) is 14.0. The molecule has 3 amide bonds. The second kappa shape index (κ2) is 18.7. The minimum Gasteiger partial charge on any atom is -0.493 e. The zero-order valence-corrected chi connectivity index (χ0v) is 32.5. The lowest BCUT2D eigenvalue weighted by molar-refractivity contribution is -0.116. The van der Waals surface area contributed by atoms with Crippen molar-refractivity contribution in [1.82, 2.24) is 10.3 Å². The van der Waals surface area contributed by atoms with E-state index in [1.165, 1.54) is 37.3 Å². The molecule has 0 radical (unpaired) electrons. The fourth-order valence-corrected chi connectivity index (χ4v) is 7.37. The van der Waals surface area contributed by atoms with Crippen molar-refractivity contribution >= 4 is 57.7 Å². The molecule has 13 heteroatoms. The van der Waals surface area contributed by atoms with Gasteiger partial charge >= 0.3 is 0 Å². The van der Waals surface area contributed by atoms with E-state index in [0.717, 1.165) is 16.0 Å². The van der Waals surface area contributed by atoms with Gasteiger partial charge in [0.05, 0.1) is 34.1 Å². The first-order valence-corrected chi connectivity index (χ1v) is 19.0. The fourth-order valence-electron chi connectivity index (χ4n) is 5.56. The minimum absolute atomic E-state index is 0.00145. The Balaban J connectivity index is 1.22. The highest BCUT2D eigenvalue weighted by Gasteiger charge is 2.24. The average Bonchev–Trinajstić information content (AvgIpc) is 3.71. The zero-order chi connectivity index (χ0) is 39.4. The molecule has 1 atom stereocenters. The molecule has 1 aromatic heterocycles. The molecule has 6 aromatic rings. The molecule has 0 spiro atoms. The van der Waals surface area contributed by atoms with Gasteiger partial charge in [0.2, 0.25) is 5.91 Å². The average molecular weight is 787 g/mol. The van der Waals surface area contributed by atoms with Crippen LogP contribution < -0.4 is 34.9 Å². The van der Waals surface area contributed by atoms with Crippen LogP contribution in [0, 0.1) is 0 Å². The number of carbonyl (C=O) groups excluding carboxylic acids is 3. The summed E-state index contributed by atoms with van der Waals surface area (Å²) >= 11 is 2.64. The minimum atomic E-state index is -0.666. The highest BCUT2D eigenvalue weighted by molar-refractivity contribution is 8.00. The van der Waals surface area contributed by atoms with Gasteiger partial charge < -0.3 is 34.9 Å². The third kappa shape index (κ3) is 9.75. The molecule has 0 bridgehead atoms. The lowest BCUT2D eigenvalue weighted by atomic mass is 10.1. The Morgan fingerprint density at radius 1 is 0.696 bits per heavy atom. The number of benzene rings is 5. The largest absolute Gasteiger partial charge is 0.493 e. The first-order chi connectivity index (χ1) is 27.3. The van der Waals surface area contributed by atoms with Crippen LogP contribution in [0.25, 0.3) is 17.3 Å². The van der Waals surface area contributed by atoms with Gasteiger partial charge in [0, 0.05) is 27.1 Å². The number of thioether (sulfide) groups is 1. The van der Waals surface area contributed by atoms with Crippen molar-refractivity contribution in [2.24, 2.45) is 0 Å². The van der Waals surface area contributed by atoms with Crippen molar-refractivity contribution in [2.75, 3.05) is 39.1 Å². The standard InChI is InChI=1S/C43H38N4O7S2/c1-51-35-20-18-27(23-37(35)53-3)22-33(45-40(48)29-14-9-6-10-15-29)41(49)44-31-16-11-17-32(25-31)56-39(28-12-7-5-8-13-28)42(50)47-43-46-34(26-55-43)30-19-21-36(52-2)38(24-30)54-4/h5-26,39H,1-4H3,(H,44,49)(H,45,48)(H,46,47,50)/b33-22+. The molecule has 11 nitrogen and oxygen atoms in total. The lowest BCUT2D eigenvalue weighted by Crippen LogP contribution is -2.30. The van der Waals surface area contributed by atoms with E-state index >= 15 is 0 Å². The molecule has 0 aliphatic carbocycles. The highest BCUT2D eigenvalue weighted by Crippen LogP contribution is 2.38. The van der Waals surface area contributed by atoms with Gasteiger partial charge in [-0.3, -0.25) is 14.4 Å². The molecule has 0 saturated carbocycles. The van der Waals surface area contributed by atoms with Gasteiger partial charge in [-0.2, -0.15) is 0 Å². The summed E-state index contributed by atoms with van der Waals surface area (Å²) in [5, 5.41) is 10.3. The molecule has 56 heavy (non-hydrogen) atoms. The van der Waals surface area contributed by atoms with Crippen LogP contribution >= 0.6 is 23.1 Å². The number of ether oxygens (including phenoxy) is 4. The van der Waals surface area contributed by atoms with E-state index in [0.29, 0.717) is 50.6 Å². The topological polar surface area (TPSA) is 137 Å². The second-order valence-electron chi connectivity index (χ2n) is 12.0. The summed E-state index contributed by atoms with van der Waals surface area (Å²) in [5.74, 6) is 0.879. The summed E-state index contributed by atoms with van der Waals surface area (Å²) < 4.78 is 21.6. The van der Waals surface area contributed by atoms with Crippen molar-refractivity contribution in [3.05, 3.63) is 149 Å². The highest BCUT2D eigenvalue weighted by atomic mass is 32.2. The number of nitrogens with one attached hydrogen (secondary N) is 3. The van der Waals surface area contributed by atoms with Crippen molar-refractivity contribution < 1.29 is 33.3 Å². The molecule has 5 aromatic carbocycles. The summed E-state index contributed by atoms with van der Waals surface area (Å²) in [6.07, 6.45) is 1.56. The van der Waals surface area contributed by atoms with Crippen LogP contribution in [0.4, 0.5) is 10.8 Å². The van der Waals surface area contributed by atoms with E-state index in [9.17, 15) is 14.4 Å². The Kier molecular flexibility index (Phi) is 13.0. The van der Waals surface area contributed by atoms with Crippen molar-refractivity contribution in [2.45, 2.75) is 10.1 Å². The van der Waals surface area contributed by atoms with Gasteiger partial charge in [0.1, 0.15) is 10.9 Å². The maximum absolute atomic E-state index is 13.9. The molecule has 0 fully saturated rings. The monoisotopic (exact) mass is 786 g/mol. The Morgan fingerprint density at radius 2 is 1.36 bits per heavy atom. The number of thiazole rings is 1. The van der Waals surface area contributed by atoms with Gasteiger partial charge in [-0.05, 0) is 77.9 Å². The first-order valence-electron chi connectivity index (χ1n) is 17.2. The van der Waals surface area contributed by atoms with E-state index in [1.54, 1.807) is 93.1 Å². The van der Waals surface area contributed by atoms with Gasteiger partial charge in [0.25, 0.3) is 11.8 Å². The number of aromatic nitrogens is 1. The molecule has 3 N–H and O–H groups in total. The van der Waals surface area contributed by atoms with Crippen molar-refractivity contribution in [3.63, 3.8) is 0 Å². The maximum Gasteiger partial charge on any atom is 0.272 e. The van der Waals surface area contributed by atoms with Crippen LogP contribution in [0.15, 0.2) is 137 Å². The number of nitrogens with zero attached hydrogens (tertiary/aromatic N) is 1. The van der Waals surface area contributed by atoms with Crippen molar-refractivity contribution in [3.8, 4) is 34.3 Å². The molecule has 6 rings (SSSR count). The third-order valence-corrected chi connectivity index (χ3v) is 10.4. The smallest absolute Gasteiger partial charge is 0.272 e. The molecular formula is C43H38N4O7S2. The number of amides is 3. The Morgan fingerprint density at radius 3 is 2.05 bits per heavy atom. The molecule has 0 saturated heterocycles. The van der Waals surface area contributed by atoms with Gasteiger partial charge in [-0.15, -0.1) is 23.1 Å². The molecule has 0 aliphatic rings. The molecule has 1 unspecified atom stereocenters. The summed E-state index contributed by atoms with van der Waals surface area (Å²) in [7, 11) is 6.20. The van der Waals surface area contributed by atoms with Crippen LogP contribution in [0.3, 0.4) is 0 Å². The van der Waals surface area contributed by atoms with E-state index in [2.05, 4.69) is 20.9 Å². The number of methoxy groups -OCH3 is 4. The van der Waals surface area contributed by atoms with Crippen LogP contribution in [-0.4, -0.2) is 51.1 Å². The summed E-state index contributed by atoms with van der Waals surface area (Å²) in [4.78, 5) is 46.4. The van der Waals surface area contributed by atoms with Crippen LogP contribution in [0.2, 0.25) is 0 Å². The predicted molar refractivity (Wildman–Crippen MR) is 221 cm³/mol. The SMILES string of the molecule is COc1ccc(/C=C(/NC(=O)c2ccccc2)C(=O)Nc2cccc(SC(C(=O)Nc3nc(-c4ccc(OC)c(OC)c4)cs3)c3ccccc3)c2)cc1OC. The summed E-state index contributed by atoms with van der Waals surface area (Å²) in [6.45, 7) is 0. The predicted octanol–water partition coefficient (Wildman–Crippen LogP) is 8.73.